The lowest BCUT2D eigenvalue weighted by Crippen LogP contribution is -2.42. The fourth-order valence-electron chi connectivity index (χ4n) is 3.83. The Hall–Kier alpha value is -2.18. The number of aryl methyl sites for hydroxylation is 2. The predicted molar refractivity (Wildman–Crippen MR) is 112 cm³/mol. The second-order valence-corrected chi connectivity index (χ2v) is 9.20. The molecule has 0 aromatic heterocycles. The monoisotopic (exact) mass is 400 g/mol. The lowest BCUT2D eigenvalue weighted by atomic mass is 9.95. The van der Waals surface area contributed by atoms with Crippen LogP contribution in [0.4, 0.5) is 5.69 Å². The Bertz CT molecular complexity index is 981. The number of nitrogens with zero attached hydrogens (tertiary/aromatic N) is 2. The number of benzene rings is 2. The Labute approximate surface area is 168 Å². The topological polar surface area (TPSA) is 57.7 Å². The summed E-state index contributed by atoms with van der Waals surface area (Å²) in [7, 11) is -3.62. The fraction of sp³-hybridized carbons (Fsp3) is 0.409. The van der Waals surface area contributed by atoms with Gasteiger partial charge in [0.2, 0.25) is 10.0 Å². The Morgan fingerprint density at radius 1 is 1.14 bits per heavy atom. The molecule has 1 aliphatic rings. The van der Waals surface area contributed by atoms with Crippen LogP contribution in [-0.4, -0.2) is 37.8 Å². The molecule has 0 bridgehead atoms. The van der Waals surface area contributed by atoms with Crippen molar-refractivity contribution in [2.75, 3.05) is 18.0 Å². The number of hydrogen-bond acceptors (Lipinski definition) is 3. The summed E-state index contributed by atoms with van der Waals surface area (Å²) >= 11 is 0. The summed E-state index contributed by atoms with van der Waals surface area (Å²) in [5, 5.41) is 0. The average Bonchev–Trinajstić information content (AvgIpc) is 2.68. The van der Waals surface area contributed by atoms with Gasteiger partial charge in [-0.25, -0.2) is 8.42 Å². The van der Waals surface area contributed by atoms with E-state index in [1.165, 1.54) is 10.4 Å². The molecule has 0 saturated heterocycles. The van der Waals surface area contributed by atoms with E-state index >= 15 is 0 Å². The number of hydrogen-bond donors (Lipinski definition) is 0. The number of carbonyl (C=O) groups excluding carboxylic acids is 1. The van der Waals surface area contributed by atoms with Crippen LogP contribution in [0.15, 0.2) is 47.4 Å². The molecular formula is C22H28N2O3S. The molecule has 0 saturated carbocycles. The van der Waals surface area contributed by atoms with Crippen molar-refractivity contribution in [1.82, 2.24) is 4.31 Å². The zero-order valence-corrected chi connectivity index (χ0v) is 17.8. The summed E-state index contributed by atoms with van der Waals surface area (Å²) in [6, 6.07) is 12.9. The molecule has 2 aromatic carbocycles. The molecule has 0 spiro atoms. The van der Waals surface area contributed by atoms with Crippen LogP contribution in [0.5, 0.6) is 0 Å². The van der Waals surface area contributed by atoms with Gasteiger partial charge in [-0.2, -0.15) is 4.31 Å². The summed E-state index contributed by atoms with van der Waals surface area (Å²) in [5.74, 6) is -0.145. The van der Waals surface area contributed by atoms with E-state index in [-0.39, 0.29) is 16.8 Å². The molecule has 5 nitrogen and oxygen atoms in total. The molecule has 1 amide bonds. The summed E-state index contributed by atoms with van der Waals surface area (Å²) in [5.41, 5.74) is 3.29. The number of amides is 1. The van der Waals surface area contributed by atoms with Crippen LogP contribution in [0.3, 0.4) is 0 Å². The summed E-state index contributed by atoms with van der Waals surface area (Å²) < 4.78 is 27.2. The van der Waals surface area contributed by atoms with Gasteiger partial charge in [-0.05, 0) is 56.0 Å². The molecule has 1 heterocycles. The van der Waals surface area contributed by atoms with Crippen molar-refractivity contribution >= 4 is 21.6 Å². The normalized spacial score (nSPS) is 16.9. The summed E-state index contributed by atoms with van der Waals surface area (Å²) in [6.07, 6.45) is 1.83. The highest BCUT2D eigenvalue weighted by Crippen LogP contribution is 2.32. The molecule has 28 heavy (non-hydrogen) atoms. The molecule has 1 unspecified atom stereocenters. The standard InChI is InChI=1S/C22H28N2O3S/c1-5-23(6-2)28(26,27)19-14-11-16(3)20(15-19)22(25)24-17(4)12-13-18-9-7-8-10-21(18)24/h7-11,14-15,17H,5-6,12-13H2,1-4H3. The van der Waals surface area contributed by atoms with E-state index in [2.05, 4.69) is 6.07 Å². The maximum atomic E-state index is 13.5. The van der Waals surface area contributed by atoms with Gasteiger partial charge in [-0.1, -0.05) is 38.1 Å². The van der Waals surface area contributed by atoms with Crippen LogP contribution < -0.4 is 4.90 Å². The first kappa shape index (κ1) is 20.6. The van der Waals surface area contributed by atoms with Gasteiger partial charge in [0, 0.05) is 30.4 Å². The maximum absolute atomic E-state index is 13.5. The van der Waals surface area contributed by atoms with Gasteiger partial charge >= 0.3 is 0 Å². The summed E-state index contributed by atoms with van der Waals surface area (Å²) in [4.78, 5) is 15.5. The van der Waals surface area contributed by atoms with Gasteiger partial charge in [-0.3, -0.25) is 4.79 Å². The number of para-hydroxylation sites is 1. The minimum absolute atomic E-state index is 0.0600. The third-order valence-electron chi connectivity index (χ3n) is 5.52. The Morgan fingerprint density at radius 3 is 2.50 bits per heavy atom. The molecular weight excluding hydrogens is 372 g/mol. The number of anilines is 1. The molecule has 1 aliphatic heterocycles. The molecule has 3 rings (SSSR count). The first-order valence-corrected chi connectivity index (χ1v) is 11.3. The Morgan fingerprint density at radius 2 is 1.82 bits per heavy atom. The van der Waals surface area contributed by atoms with Crippen LogP contribution in [0.2, 0.25) is 0 Å². The minimum Gasteiger partial charge on any atom is -0.305 e. The van der Waals surface area contributed by atoms with E-state index in [0.717, 1.165) is 29.7 Å². The smallest absolute Gasteiger partial charge is 0.258 e. The van der Waals surface area contributed by atoms with Crippen molar-refractivity contribution < 1.29 is 13.2 Å². The van der Waals surface area contributed by atoms with E-state index in [1.54, 1.807) is 12.1 Å². The maximum Gasteiger partial charge on any atom is 0.258 e. The highest BCUT2D eigenvalue weighted by atomic mass is 32.2. The van der Waals surface area contributed by atoms with E-state index in [1.807, 2.05) is 50.8 Å². The Balaban J connectivity index is 2.06. The van der Waals surface area contributed by atoms with Crippen LogP contribution in [0.25, 0.3) is 0 Å². The highest BCUT2D eigenvalue weighted by molar-refractivity contribution is 7.89. The SMILES string of the molecule is CCN(CC)S(=O)(=O)c1ccc(C)c(C(=O)N2c3ccccc3CCC2C)c1. The molecule has 0 fully saturated rings. The molecule has 0 radical (unpaired) electrons. The van der Waals surface area contributed by atoms with E-state index in [0.29, 0.717) is 18.7 Å². The zero-order valence-electron chi connectivity index (χ0n) is 17.0. The molecule has 0 N–H and O–H groups in total. The molecule has 0 aliphatic carbocycles. The first-order chi connectivity index (χ1) is 13.3. The lowest BCUT2D eigenvalue weighted by Gasteiger charge is -2.35. The van der Waals surface area contributed by atoms with Crippen molar-refractivity contribution in [2.45, 2.75) is 51.5 Å². The lowest BCUT2D eigenvalue weighted by molar-refractivity contribution is 0.0974. The zero-order chi connectivity index (χ0) is 20.5. The molecule has 1 atom stereocenters. The number of carbonyl (C=O) groups is 1. The van der Waals surface area contributed by atoms with Crippen molar-refractivity contribution in [2.24, 2.45) is 0 Å². The molecule has 2 aromatic rings. The van der Waals surface area contributed by atoms with Gasteiger partial charge < -0.3 is 4.90 Å². The van der Waals surface area contributed by atoms with E-state index < -0.39 is 10.0 Å². The second kappa shape index (κ2) is 8.05. The van der Waals surface area contributed by atoms with Crippen molar-refractivity contribution in [3.8, 4) is 0 Å². The minimum atomic E-state index is -3.62. The third-order valence-corrected chi connectivity index (χ3v) is 7.57. The third kappa shape index (κ3) is 3.59. The van der Waals surface area contributed by atoms with Crippen molar-refractivity contribution in [3.63, 3.8) is 0 Å². The van der Waals surface area contributed by atoms with Gasteiger partial charge in [0.1, 0.15) is 0 Å². The van der Waals surface area contributed by atoms with Crippen LogP contribution in [-0.2, 0) is 16.4 Å². The van der Waals surface area contributed by atoms with Crippen molar-refractivity contribution in [3.05, 3.63) is 59.2 Å². The predicted octanol–water partition coefficient (Wildman–Crippen LogP) is 4.01. The molecule has 150 valence electrons. The Kier molecular flexibility index (Phi) is 5.91. The molecule has 6 heteroatoms. The number of sulfonamides is 1. The quantitative estimate of drug-likeness (QED) is 0.762. The van der Waals surface area contributed by atoms with Crippen LogP contribution >= 0.6 is 0 Å². The van der Waals surface area contributed by atoms with Gasteiger partial charge in [0.15, 0.2) is 0 Å². The van der Waals surface area contributed by atoms with Crippen molar-refractivity contribution in [1.29, 1.82) is 0 Å². The van der Waals surface area contributed by atoms with E-state index in [4.69, 9.17) is 0 Å². The summed E-state index contributed by atoms with van der Waals surface area (Å²) in [6.45, 7) is 8.31. The second-order valence-electron chi connectivity index (χ2n) is 7.26. The van der Waals surface area contributed by atoms with Gasteiger partial charge in [0.25, 0.3) is 5.91 Å². The van der Waals surface area contributed by atoms with Crippen LogP contribution in [0.1, 0.15) is 48.7 Å². The first-order valence-electron chi connectivity index (χ1n) is 9.83. The van der Waals surface area contributed by atoms with Crippen LogP contribution in [0, 0.1) is 6.92 Å². The number of fused-ring (bicyclic) bond motifs is 1. The van der Waals surface area contributed by atoms with Gasteiger partial charge in [0.05, 0.1) is 4.90 Å². The average molecular weight is 401 g/mol. The highest BCUT2D eigenvalue weighted by Gasteiger charge is 2.31. The van der Waals surface area contributed by atoms with Gasteiger partial charge in [-0.15, -0.1) is 0 Å². The van der Waals surface area contributed by atoms with E-state index in [9.17, 15) is 13.2 Å². The fourth-order valence-corrected chi connectivity index (χ4v) is 5.32. The number of rotatable bonds is 5. The largest absolute Gasteiger partial charge is 0.305 e.